The van der Waals surface area contributed by atoms with Gasteiger partial charge in [0.2, 0.25) is 0 Å². The van der Waals surface area contributed by atoms with Gasteiger partial charge in [0, 0.05) is 44.0 Å². The van der Waals surface area contributed by atoms with Gasteiger partial charge in [0.1, 0.15) is 5.69 Å². The van der Waals surface area contributed by atoms with Crippen molar-refractivity contribution in [2.24, 2.45) is 11.8 Å². The second-order valence-corrected chi connectivity index (χ2v) is 6.98. The molecule has 2 saturated carbocycles. The van der Waals surface area contributed by atoms with Crippen molar-refractivity contribution < 1.29 is 9.53 Å². The highest BCUT2D eigenvalue weighted by Crippen LogP contribution is 2.37. The van der Waals surface area contributed by atoms with Crippen molar-refractivity contribution in [3.05, 3.63) is 24.3 Å². The number of fused-ring (bicyclic) bond motifs is 1. The molecule has 3 atom stereocenters. The van der Waals surface area contributed by atoms with Gasteiger partial charge in [-0.15, -0.1) is 0 Å². The van der Waals surface area contributed by atoms with Crippen molar-refractivity contribution in [2.75, 3.05) is 26.2 Å². The molecular weight excluding hydrogens is 292 g/mol. The van der Waals surface area contributed by atoms with Crippen LogP contribution < -0.4 is 5.32 Å². The van der Waals surface area contributed by atoms with Gasteiger partial charge in [0.25, 0.3) is 5.91 Å². The van der Waals surface area contributed by atoms with Crippen LogP contribution in [0.15, 0.2) is 18.6 Å². The number of hydrogen-bond donors (Lipinski definition) is 1. The third-order valence-electron chi connectivity index (χ3n) is 5.35. The number of ether oxygens (including phenoxy) is 1. The molecule has 0 unspecified atom stereocenters. The van der Waals surface area contributed by atoms with Gasteiger partial charge in [-0.3, -0.25) is 14.7 Å². The molecule has 0 spiro atoms. The van der Waals surface area contributed by atoms with Gasteiger partial charge < -0.3 is 10.1 Å². The molecule has 2 heterocycles. The van der Waals surface area contributed by atoms with Gasteiger partial charge in [0.05, 0.1) is 18.9 Å². The summed E-state index contributed by atoms with van der Waals surface area (Å²) in [6.45, 7) is 3.79. The lowest BCUT2D eigenvalue weighted by Gasteiger charge is -2.39. The van der Waals surface area contributed by atoms with Crippen LogP contribution in [0.25, 0.3) is 0 Å². The molecule has 3 fully saturated rings. The highest BCUT2D eigenvalue weighted by molar-refractivity contribution is 5.91. The predicted octanol–water partition coefficient (Wildman–Crippen LogP) is 1.10. The molecule has 1 aromatic heterocycles. The number of hydrogen-bond acceptors (Lipinski definition) is 5. The van der Waals surface area contributed by atoms with Gasteiger partial charge in [-0.25, -0.2) is 4.98 Å². The summed E-state index contributed by atoms with van der Waals surface area (Å²) in [6.07, 6.45) is 9.98. The molecule has 4 rings (SSSR count). The van der Waals surface area contributed by atoms with E-state index in [2.05, 4.69) is 20.2 Å². The first kappa shape index (κ1) is 15.0. The van der Waals surface area contributed by atoms with Gasteiger partial charge in [-0.1, -0.05) is 0 Å². The molecule has 1 aliphatic heterocycles. The molecule has 0 radical (unpaired) electrons. The van der Waals surface area contributed by atoms with E-state index in [9.17, 15) is 4.79 Å². The summed E-state index contributed by atoms with van der Waals surface area (Å²) in [7, 11) is 0. The molecule has 0 bridgehead atoms. The van der Waals surface area contributed by atoms with Gasteiger partial charge in [-0.05, 0) is 31.6 Å². The van der Waals surface area contributed by atoms with Crippen LogP contribution in [-0.4, -0.2) is 59.2 Å². The third-order valence-corrected chi connectivity index (χ3v) is 5.35. The van der Waals surface area contributed by atoms with E-state index in [1.165, 1.54) is 32.0 Å². The Kier molecular flexibility index (Phi) is 4.27. The molecule has 3 aliphatic rings. The maximum atomic E-state index is 12.1. The van der Waals surface area contributed by atoms with Crippen molar-refractivity contribution in [1.29, 1.82) is 0 Å². The standard InChI is InChI=1S/C17H24N4O2/c22-17(14-10-18-5-6-19-14)20-9-13-3-4-15-16(13)23-8-7-21(15)11-12-1-2-12/h5-6,10,12-13,15-16H,1-4,7-9,11H2,(H,20,22)/t13-,15+,16+/m0/s1. The lowest BCUT2D eigenvalue weighted by Crippen LogP contribution is -2.52. The summed E-state index contributed by atoms with van der Waals surface area (Å²) in [4.78, 5) is 22.7. The maximum absolute atomic E-state index is 12.1. The first-order valence-corrected chi connectivity index (χ1v) is 8.71. The Morgan fingerprint density at radius 2 is 2.22 bits per heavy atom. The molecule has 0 aromatic carbocycles. The van der Waals surface area contributed by atoms with E-state index < -0.39 is 0 Å². The largest absolute Gasteiger partial charge is 0.375 e. The van der Waals surface area contributed by atoms with E-state index in [0.29, 0.717) is 24.2 Å². The van der Waals surface area contributed by atoms with E-state index in [1.807, 2.05) is 0 Å². The smallest absolute Gasteiger partial charge is 0.271 e. The second kappa shape index (κ2) is 6.53. The van der Waals surface area contributed by atoms with Crippen molar-refractivity contribution in [3.8, 4) is 0 Å². The zero-order chi connectivity index (χ0) is 15.6. The molecule has 1 N–H and O–H groups in total. The SMILES string of the molecule is O=C(NC[C@@H]1CC[C@@H]2[C@@H]1OCCN2CC1CC1)c1cnccn1. The van der Waals surface area contributed by atoms with E-state index in [4.69, 9.17) is 4.74 Å². The van der Waals surface area contributed by atoms with Crippen LogP contribution in [0.1, 0.15) is 36.2 Å². The molecular formula is C17H24N4O2. The van der Waals surface area contributed by atoms with Crippen molar-refractivity contribution in [2.45, 2.75) is 37.8 Å². The number of carbonyl (C=O) groups is 1. The number of nitrogens with zero attached hydrogens (tertiary/aromatic N) is 3. The highest BCUT2D eigenvalue weighted by atomic mass is 16.5. The van der Waals surface area contributed by atoms with Crippen LogP contribution >= 0.6 is 0 Å². The Hall–Kier alpha value is -1.53. The quantitative estimate of drug-likeness (QED) is 0.881. The molecule has 1 saturated heterocycles. The van der Waals surface area contributed by atoms with E-state index >= 15 is 0 Å². The normalized spacial score (nSPS) is 30.9. The van der Waals surface area contributed by atoms with Crippen LogP contribution in [0, 0.1) is 11.8 Å². The van der Waals surface area contributed by atoms with Crippen molar-refractivity contribution in [3.63, 3.8) is 0 Å². The van der Waals surface area contributed by atoms with E-state index in [1.54, 1.807) is 12.4 Å². The number of morpholine rings is 1. The zero-order valence-corrected chi connectivity index (χ0v) is 13.4. The minimum absolute atomic E-state index is 0.146. The summed E-state index contributed by atoms with van der Waals surface area (Å²) in [5, 5.41) is 3.00. The average molecular weight is 316 g/mol. The Bertz CT molecular complexity index is 549. The predicted molar refractivity (Wildman–Crippen MR) is 84.9 cm³/mol. The molecule has 124 valence electrons. The first-order valence-electron chi connectivity index (χ1n) is 8.71. The molecule has 23 heavy (non-hydrogen) atoms. The Balaban J connectivity index is 1.32. The average Bonchev–Trinajstić information content (AvgIpc) is 3.31. The minimum atomic E-state index is -0.146. The summed E-state index contributed by atoms with van der Waals surface area (Å²) >= 11 is 0. The maximum Gasteiger partial charge on any atom is 0.271 e. The molecule has 1 aromatic rings. The summed E-state index contributed by atoms with van der Waals surface area (Å²) in [6, 6.07) is 0.544. The topological polar surface area (TPSA) is 67.3 Å². The minimum Gasteiger partial charge on any atom is -0.375 e. The fourth-order valence-corrected chi connectivity index (χ4v) is 3.94. The lowest BCUT2D eigenvalue weighted by atomic mass is 10.0. The Morgan fingerprint density at radius 3 is 3.00 bits per heavy atom. The monoisotopic (exact) mass is 316 g/mol. The third kappa shape index (κ3) is 3.38. The summed E-state index contributed by atoms with van der Waals surface area (Å²) < 4.78 is 6.06. The van der Waals surface area contributed by atoms with Crippen LogP contribution in [0.4, 0.5) is 0 Å². The first-order chi connectivity index (χ1) is 11.3. The van der Waals surface area contributed by atoms with E-state index in [-0.39, 0.29) is 12.0 Å². The molecule has 2 aliphatic carbocycles. The fourth-order valence-electron chi connectivity index (χ4n) is 3.94. The number of carbonyl (C=O) groups excluding carboxylic acids is 1. The van der Waals surface area contributed by atoms with Gasteiger partial charge >= 0.3 is 0 Å². The van der Waals surface area contributed by atoms with Crippen molar-refractivity contribution in [1.82, 2.24) is 20.2 Å². The summed E-state index contributed by atoms with van der Waals surface area (Å²) in [5.41, 5.74) is 0.377. The van der Waals surface area contributed by atoms with Crippen molar-refractivity contribution >= 4 is 5.91 Å². The molecule has 1 amide bonds. The molecule has 6 heteroatoms. The number of nitrogens with one attached hydrogen (secondary N) is 1. The van der Waals surface area contributed by atoms with Crippen LogP contribution in [0.3, 0.4) is 0 Å². The highest BCUT2D eigenvalue weighted by Gasteiger charge is 2.43. The van der Waals surface area contributed by atoms with Gasteiger partial charge in [0.15, 0.2) is 0 Å². The second-order valence-electron chi connectivity index (χ2n) is 6.98. The van der Waals surface area contributed by atoms with Crippen LogP contribution in [-0.2, 0) is 4.74 Å². The van der Waals surface area contributed by atoms with Crippen LogP contribution in [0.2, 0.25) is 0 Å². The number of rotatable bonds is 5. The lowest BCUT2D eigenvalue weighted by molar-refractivity contribution is -0.0739. The fraction of sp³-hybridized carbons (Fsp3) is 0.706. The number of aromatic nitrogens is 2. The summed E-state index contributed by atoms with van der Waals surface area (Å²) in [5.74, 6) is 1.18. The Labute approximate surface area is 136 Å². The number of amides is 1. The van der Waals surface area contributed by atoms with Gasteiger partial charge in [-0.2, -0.15) is 0 Å². The van der Waals surface area contributed by atoms with E-state index in [0.717, 1.165) is 25.5 Å². The zero-order valence-electron chi connectivity index (χ0n) is 13.4. The molecule has 6 nitrogen and oxygen atoms in total. The Morgan fingerprint density at radius 1 is 1.30 bits per heavy atom. The van der Waals surface area contributed by atoms with Crippen LogP contribution in [0.5, 0.6) is 0 Å².